The van der Waals surface area contributed by atoms with E-state index in [1.54, 1.807) is 0 Å². The molecular formula is C44H90N8O11S2. The van der Waals surface area contributed by atoms with E-state index in [2.05, 4.69) is 69.0 Å². The summed E-state index contributed by atoms with van der Waals surface area (Å²) in [5, 5.41) is 11.4. The van der Waals surface area contributed by atoms with Crippen LogP contribution in [-0.2, 0) is 52.5 Å². The maximum atomic E-state index is 12.0. The van der Waals surface area contributed by atoms with Gasteiger partial charge in [-0.1, -0.05) is 78.5 Å². The molecule has 21 heteroatoms. The van der Waals surface area contributed by atoms with E-state index in [1.165, 1.54) is 0 Å². The minimum absolute atomic E-state index is 0.0486. The number of ether oxygens (including phenoxy) is 5. The second kappa shape index (κ2) is 55.6. The van der Waals surface area contributed by atoms with Gasteiger partial charge in [0.25, 0.3) is 0 Å². The van der Waals surface area contributed by atoms with Crippen molar-refractivity contribution in [2.45, 2.75) is 149 Å². The van der Waals surface area contributed by atoms with Crippen molar-refractivity contribution in [1.82, 2.24) is 30.7 Å². The van der Waals surface area contributed by atoms with Gasteiger partial charge in [0.2, 0.25) is 35.4 Å². The molecule has 0 saturated carbocycles. The molecule has 6 amide bonds. The van der Waals surface area contributed by atoms with Crippen LogP contribution in [0.15, 0.2) is 0 Å². The number of hydrogen-bond acceptors (Lipinski definition) is 15. The summed E-state index contributed by atoms with van der Waals surface area (Å²) < 4.78 is 32.6. The lowest BCUT2D eigenvalue weighted by Crippen LogP contribution is -2.36. The third kappa shape index (κ3) is 57.3. The maximum absolute atomic E-state index is 12.0. The Morgan fingerprint density at radius 1 is 0.446 bits per heavy atom. The Labute approximate surface area is 402 Å². The van der Waals surface area contributed by atoms with Crippen molar-refractivity contribution < 1.29 is 52.5 Å². The quantitative estimate of drug-likeness (QED) is 0.0311. The molecule has 0 aromatic carbocycles. The number of carbonyl (C=O) groups is 6. The van der Waals surface area contributed by atoms with Gasteiger partial charge in [-0.2, -0.15) is 0 Å². The van der Waals surface area contributed by atoms with Gasteiger partial charge >= 0.3 is 0 Å². The number of unbranched alkanes of at least 4 members (excludes halogenated alkanes) is 9. The Morgan fingerprint density at radius 3 is 1.29 bits per heavy atom. The van der Waals surface area contributed by atoms with Crippen molar-refractivity contribution in [3.05, 3.63) is 0 Å². The summed E-state index contributed by atoms with van der Waals surface area (Å²) in [6, 6.07) is -0.444. The SMILES string of the molecule is CC.CCCCNC(=O)CCOCCCCCOCCOCCNC(=O)CCCC(=O)NCCOCCOCCCCCCCCC(=O)NCCCCC(NS)C(N)=O.NC(=O)CNS. The molecule has 0 spiro atoms. The van der Waals surface area contributed by atoms with Crippen LogP contribution in [0.2, 0.25) is 0 Å². The van der Waals surface area contributed by atoms with E-state index in [9.17, 15) is 28.8 Å². The number of hydrogen-bond donors (Lipinski definition) is 10. The molecule has 65 heavy (non-hydrogen) atoms. The third-order valence-corrected chi connectivity index (χ3v) is 9.50. The number of thiol groups is 2. The van der Waals surface area contributed by atoms with Crippen molar-refractivity contribution in [2.24, 2.45) is 11.5 Å². The topological polar surface area (TPSA) is 273 Å². The number of rotatable bonds is 46. The molecule has 0 saturated heterocycles. The molecule has 384 valence electrons. The van der Waals surface area contributed by atoms with Gasteiger partial charge in [-0.25, -0.2) is 0 Å². The zero-order chi connectivity index (χ0) is 48.9. The summed E-state index contributed by atoms with van der Waals surface area (Å²) in [4.78, 5) is 68.4. The molecule has 0 fully saturated rings. The van der Waals surface area contributed by atoms with Gasteiger partial charge in [0, 0.05) is 71.7 Å². The Bertz CT molecular complexity index is 1140. The fraction of sp³-hybridized carbons (Fsp3) is 0.864. The van der Waals surface area contributed by atoms with Gasteiger partial charge in [0.15, 0.2) is 0 Å². The van der Waals surface area contributed by atoms with Crippen LogP contribution < -0.4 is 42.2 Å². The first-order valence-electron chi connectivity index (χ1n) is 23.9. The summed E-state index contributed by atoms with van der Waals surface area (Å²) in [6.45, 7) is 13.6. The smallest absolute Gasteiger partial charge is 0.235 e. The molecule has 0 aliphatic heterocycles. The fourth-order valence-electron chi connectivity index (χ4n) is 5.44. The van der Waals surface area contributed by atoms with Gasteiger partial charge in [-0.15, -0.1) is 0 Å². The van der Waals surface area contributed by atoms with Crippen LogP contribution in [-0.4, -0.2) is 140 Å². The number of nitrogens with two attached hydrogens (primary N) is 2. The maximum Gasteiger partial charge on any atom is 0.235 e. The van der Waals surface area contributed by atoms with E-state index < -0.39 is 17.9 Å². The van der Waals surface area contributed by atoms with Gasteiger partial charge in [-0.3, -0.25) is 38.2 Å². The van der Waals surface area contributed by atoms with Crippen LogP contribution in [0.25, 0.3) is 0 Å². The average Bonchev–Trinajstić information content (AvgIpc) is 3.28. The Kier molecular flexibility index (Phi) is 56.9. The molecule has 19 nitrogen and oxygen atoms in total. The van der Waals surface area contributed by atoms with Crippen LogP contribution in [0.4, 0.5) is 0 Å². The molecule has 0 aromatic rings. The van der Waals surface area contributed by atoms with Gasteiger partial charge in [0.05, 0.1) is 58.8 Å². The lowest BCUT2D eigenvalue weighted by Gasteiger charge is -2.11. The van der Waals surface area contributed by atoms with Gasteiger partial charge < -0.3 is 56.4 Å². The largest absolute Gasteiger partial charge is 0.381 e. The predicted octanol–water partition coefficient (Wildman–Crippen LogP) is 3.19. The van der Waals surface area contributed by atoms with E-state index in [-0.39, 0.29) is 43.0 Å². The Balaban J connectivity index is -0.00000440. The highest BCUT2D eigenvalue weighted by molar-refractivity contribution is 7.78. The first-order chi connectivity index (χ1) is 31.6. The third-order valence-electron chi connectivity index (χ3n) is 9.03. The lowest BCUT2D eigenvalue weighted by atomic mass is 10.1. The molecule has 1 atom stereocenters. The van der Waals surface area contributed by atoms with E-state index in [1.807, 2.05) is 13.8 Å². The number of carbonyl (C=O) groups excluding carboxylic acids is 6. The molecule has 0 rings (SSSR count). The van der Waals surface area contributed by atoms with E-state index in [0.717, 1.165) is 90.0 Å². The highest BCUT2D eigenvalue weighted by atomic mass is 32.1. The van der Waals surface area contributed by atoms with Crippen LogP contribution in [0, 0.1) is 0 Å². The van der Waals surface area contributed by atoms with Crippen LogP contribution >= 0.6 is 25.6 Å². The standard InChI is InChI=1S/C40H78N6O10S.C2H6N2OS.C2H6/c1-2-3-21-42-39(50)20-28-52-25-13-8-14-27-54-32-34-56-30-24-45-38(49)19-15-18-37(48)44-23-29-55-33-31-53-26-12-7-5-4-6-9-17-36(47)43-22-11-10-16-35(46-57)40(41)51;3-2(5)1-4-6;1-2/h35,46,57H,2-34H2,1H3,(H2,41,51)(H,42,50)(H,43,47)(H,44,48)(H,45,49);4,6H,1H2,(H2,3,5);1-2H3. The van der Waals surface area contributed by atoms with E-state index in [0.29, 0.717) is 111 Å². The van der Waals surface area contributed by atoms with Crippen molar-refractivity contribution in [1.29, 1.82) is 0 Å². The molecule has 0 aromatic heterocycles. The molecule has 10 N–H and O–H groups in total. The minimum Gasteiger partial charge on any atom is -0.381 e. The predicted molar refractivity (Wildman–Crippen MR) is 262 cm³/mol. The molecule has 0 bridgehead atoms. The summed E-state index contributed by atoms with van der Waals surface area (Å²) >= 11 is 7.41. The number of amides is 6. The summed E-state index contributed by atoms with van der Waals surface area (Å²) in [7, 11) is 0. The highest BCUT2D eigenvalue weighted by Gasteiger charge is 2.12. The number of nitrogens with one attached hydrogen (secondary N) is 6. The van der Waals surface area contributed by atoms with Crippen LogP contribution in [0.3, 0.4) is 0 Å². The van der Waals surface area contributed by atoms with E-state index in [4.69, 9.17) is 29.4 Å². The molecular weight excluding hydrogens is 881 g/mol. The monoisotopic (exact) mass is 971 g/mol. The van der Waals surface area contributed by atoms with Gasteiger partial charge in [-0.05, 0) is 64.2 Å². The average molecular weight is 971 g/mol. The highest BCUT2D eigenvalue weighted by Crippen LogP contribution is 2.08. The van der Waals surface area contributed by atoms with Gasteiger partial charge in [0.1, 0.15) is 0 Å². The number of primary amides is 2. The molecule has 0 heterocycles. The molecule has 1 unspecified atom stereocenters. The zero-order valence-electron chi connectivity index (χ0n) is 40.2. The minimum atomic E-state index is -0.444. The van der Waals surface area contributed by atoms with Crippen molar-refractivity contribution in [3.63, 3.8) is 0 Å². The second-order valence-corrected chi connectivity index (χ2v) is 15.3. The summed E-state index contributed by atoms with van der Waals surface area (Å²) in [5.41, 5.74) is 9.91. The van der Waals surface area contributed by atoms with Crippen LogP contribution in [0.1, 0.15) is 143 Å². The first kappa shape index (κ1) is 66.5. The summed E-state index contributed by atoms with van der Waals surface area (Å²) in [5.74, 6) is -0.909. The molecule has 0 aliphatic carbocycles. The van der Waals surface area contributed by atoms with E-state index >= 15 is 0 Å². The Hall–Kier alpha value is -2.76. The Morgan fingerprint density at radius 2 is 0.846 bits per heavy atom. The van der Waals surface area contributed by atoms with Crippen LogP contribution in [0.5, 0.6) is 0 Å². The van der Waals surface area contributed by atoms with Crippen molar-refractivity contribution >= 4 is 61.1 Å². The summed E-state index contributed by atoms with van der Waals surface area (Å²) in [6.07, 6.45) is 15.3. The molecule has 0 aliphatic rings. The second-order valence-electron chi connectivity index (χ2n) is 14.7. The van der Waals surface area contributed by atoms with Crippen molar-refractivity contribution in [3.8, 4) is 0 Å². The fourth-order valence-corrected chi connectivity index (χ4v) is 5.85. The zero-order valence-corrected chi connectivity index (χ0v) is 41.9. The first-order valence-corrected chi connectivity index (χ1v) is 24.8. The molecule has 0 radical (unpaired) electrons. The lowest BCUT2D eigenvalue weighted by molar-refractivity contribution is -0.123. The van der Waals surface area contributed by atoms with Crippen molar-refractivity contribution in [2.75, 3.05) is 98.8 Å². The normalized spacial score (nSPS) is 11.0.